The number of rotatable bonds is 6. The van der Waals surface area contributed by atoms with Gasteiger partial charge >= 0.3 is 0 Å². The van der Waals surface area contributed by atoms with E-state index in [2.05, 4.69) is 235 Å². The summed E-state index contributed by atoms with van der Waals surface area (Å²) in [5.74, 6) is 0. The summed E-state index contributed by atoms with van der Waals surface area (Å²) < 4.78 is 0. The summed E-state index contributed by atoms with van der Waals surface area (Å²) in [7, 11) is 0. The van der Waals surface area contributed by atoms with Gasteiger partial charge in [0.2, 0.25) is 0 Å². The van der Waals surface area contributed by atoms with Crippen LogP contribution in [-0.4, -0.2) is 0 Å². The maximum atomic E-state index is 2.45. The number of anilines is 3. The molecule has 0 radical (unpaired) electrons. The number of hydrogen-bond acceptors (Lipinski definition) is 1. The van der Waals surface area contributed by atoms with E-state index in [1.165, 1.54) is 82.4 Å². The van der Waals surface area contributed by atoms with E-state index >= 15 is 0 Å². The Bertz CT molecular complexity index is 2850. The summed E-state index contributed by atoms with van der Waals surface area (Å²) in [5.41, 5.74) is 14.8. The molecule has 0 amide bonds. The monoisotopic (exact) mass is 749 g/mol. The highest BCUT2D eigenvalue weighted by molar-refractivity contribution is 6.33. The molecule has 0 unspecified atom stereocenters. The van der Waals surface area contributed by atoms with Gasteiger partial charge in [-0.05, 0) is 137 Å². The van der Waals surface area contributed by atoms with E-state index in [9.17, 15) is 0 Å². The zero-order valence-corrected chi connectivity index (χ0v) is 34.8. The van der Waals surface area contributed by atoms with Crippen LogP contribution in [0.4, 0.5) is 17.1 Å². The highest BCUT2D eigenvalue weighted by atomic mass is 15.1. The molecule has 0 saturated heterocycles. The first-order valence-electron chi connectivity index (χ1n) is 20.6. The molecule has 9 aromatic carbocycles. The van der Waals surface area contributed by atoms with E-state index in [4.69, 9.17) is 0 Å². The fourth-order valence-corrected chi connectivity index (χ4v) is 8.66. The Morgan fingerprint density at radius 1 is 0.345 bits per heavy atom. The highest BCUT2D eigenvalue weighted by Gasteiger charge is 2.24. The molecule has 1 nitrogen and oxygen atoms in total. The van der Waals surface area contributed by atoms with Crippen molar-refractivity contribution in [3.05, 3.63) is 199 Å². The van der Waals surface area contributed by atoms with Crippen LogP contribution < -0.4 is 4.90 Å². The second-order valence-electron chi connectivity index (χ2n) is 17.9. The van der Waals surface area contributed by atoms with Crippen LogP contribution in [0.2, 0.25) is 0 Å². The van der Waals surface area contributed by atoms with Gasteiger partial charge in [0, 0.05) is 17.1 Å². The molecule has 0 aromatic heterocycles. The van der Waals surface area contributed by atoms with Gasteiger partial charge in [-0.25, -0.2) is 0 Å². The first-order valence-corrected chi connectivity index (χ1v) is 20.6. The average Bonchev–Trinajstić information content (AvgIpc) is 3.24. The lowest BCUT2D eigenvalue weighted by atomic mass is 9.81. The van der Waals surface area contributed by atoms with Crippen molar-refractivity contribution in [1.29, 1.82) is 0 Å². The second kappa shape index (κ2) is 14.5. The van der Waals surface area contributed by atoms with Crippen molar-refractivity contribution in [2.45, 2.75) is 59.3 Å². The Morgan fingerprint density at radius 2 is 0.810 bits per heavy atom. The Morgan fingerprint density at radius 3 is 1.36 bits per heavy atom. The van der Waals surface area contributed by atoms with Crippen LogP contribution in [0.15, 0.2) is 182 Å². The minimum atomic E-state index is 0.0626. The molecule has 0 aliphatic heterocycles. The normalized spacial score (nSPS) is 12.1. The van der Waals surface area contributed by atoms with E-state index in [1.807, 2.05) is 0 Å². The molecule has 0 atom stereocenters. The van der Waals surface area contributed by atoms with Crippen molar-refractivity contribution in [1.82, 2.24) is 0 Å². The molecule has 9 aromatic rings. The Kier molecular flexibility index (Phi) is 9.29. The molecule has 0 N–H and O–H groups in total. The molecule has 0 saturated carbocycles. The SMILES string of the molecule is Cc1ccc(-c2cc(-c3ccccc3)c3c4ccccc4c4cc(N(c5ccc(C(C)(C)C)cc5)c5ccc(C(C)(C)C)cc5)ccc4c3c2-c2ccccc2)cc1. The van der Waals surface area contributed by atoms with Crippen molar-refractivity contribution < 1.29 is 0 Å². The van der Waals surface area contributed by atoms with E-state index < -0.39 is 0 Å². The Hall–Kier alpha value is -6.44. The molecule has 0 aliphatic carbocycles. The van der Waals surface area contributed by atoms with Crippen LogP contribution in [0, 0.1) is 6.92 Å². The number of nitrogens with zero attached hydrogens (tertiary/aromatic N) is 1. The Balaban J connectivity index is 1.40. The lowest BCUT2D eigenvalue weighted by Gasteiger charge is -2.29. The molecule has 58 heavy (non-hydrogen) atoms. The second-order valence-corrected chi connectivity index (χ2v) is 17.9. The first-order chi connectivity index (χ1) is 28.0. The molecule has 0 spiro atoms. The van der Waals surface area contributed by atoms with Crippen molar-refractivity contribution >= 4 is 49.4 Å². The van der Waals surface area contributed by atoms with Crippen LogP contribution in [0.1, 0.15) is 58.2 Å². The number of benzene rings is 9. The third-order valence-electron chi connectivity index (χ3n) is 11.8. The first kappa shape index (κ1) is 37.2. The third-order valence-corrected chi connectivity index (χ3v) is 11.8. The fourth-order valence-electron chi connectivity index (χ4n) is 8.66. The predicted octanol–water partition coefficient (Wildman–Crippen LogP) is 16.5. The van der Waals surface area contributed by atoms with Gasteiger partial charge in [0.05, 0.1) is 0 Å². The molecule has 284 valence electrons. The standard InChI is InChI=1S/C57H51N/c1-38-22-24-40(25-23-38)50-37-51(39-16-10-8-11-17-39)54-48-21-15-14-20-47(48)52-36-46(34-35-49(52)55(54)53(50)41-18-12-9-13-19-41)58(44-30-26-42(27-31-44)56(2,3)4)45-32-28-43(29-33-45)57(5,6)7/h8-37H,1-7H3. The maximum absolute atomic E-state index is 2.45. The van der Waals surface area contributed by atoms with Gasteiger partial charge in [-0.2, -0.15) is 0 Å². The minimum absolute atomic E-state index is 0.0626. The van der Waals surface area contributed by atoms with Crippen LogP contribution >= 0.6 is 0 Å². The van der Waals surface area contributed by atoms with Gasteiger partial charge in [-0.1, -0.05) is 187 Å². The van der Waals surface area contributed by atoms with E-state index in [0.29, 0.717) is 0 Å². The fraction of sp³-hybridized carbons (Fsp3) is 0.158. The van der Waals surface area contributed by atoms with Crippen LogP contribution in [0.5, 0.6) is 0 Å². The summed E-state index contributed by atoms with van der Waals surface area (Å²) in [6.07, 6.45) is 0. The van der Waals surface area contributed by atoms with Crippen LogP contribution in [0.25, 0.3) is 65.7 Å². The average molecular weight is 750 g/mol. The molecule has 0 bridgehead atoms. The maximum Gasteiger partial charge on any atom is 0.0468 e. The van der Waals surface area contributed by atoms with E-state index in [0.717, 1.165) is 17.1 Å². The topological polar surface area (TPSA) is 3.24 Å². The van der Waals surface area contributed by atoms with Gasteiger partial charge in [-0.3, -0.25) is 0 Å². The van der Waals surface area contributed by atoms with Gasteiger partial charge < -0.3 is 4.90 Å². The molecular weight excluding hydrogens is 699 g/mol. The molecule has 0 heterocycles. The van der Waals surface area contributed by atoms with E-state index in [-0.39, 0.29) is 10.8 Å². The number of aryl methyl sites for hydroxylation is 1. The highest BCUT2D eigenvalue weighted by Crippen LogP contribution is 2.50. The third kappa shape index (κ3) is 6.75. The molecule has 9 rings (SSSR count). The van der Waals surface area contributed by atoms with Gasteiger partial charge in [0.25, 0.3) is 0 Å². The largest absolute Gasteiger partial charge is 0.310 e. The quantitative estimate of drug-likeness (QED) is 0.153. The summed E-state index contributed by atoms with van der Waals surface area (Å²) in [6, 6.07) is 67.9. The van der Waals surface area contributed by atoms with Gasteiger partial charge in [0.15, 0.2) is 0 Å². The van der Waals surface area contributed by atoms with Crippen molar-refractivity contribution in [2.75, 3.05) is 4.90 Å². The summed E-state index contributed by atoms with van der Waals surface area (Å²) in [4.78, 5) is 2.42. The van der Waals surface area contributed by atoms with Gasteiger partial charge in [-0.15, -0.1) is 0 Å². The lowest BCUT2D eigenvalue weighted by molar-refractivity contribution is 0.590. The van der Waals surface area contributed by atoms with E-state index in [1.54, 1.807) is 0 Å². The zero-order chi connectivity index (χ0) is 40.2. The predicted molar refractivity (Wildman–Crippen MR) is 252 cm³/mol. The summed E-state index contributed by atoms with van der Waals surface area (Å²) >= 11 is 0. The zero-order valence-electron chi connectivity index (χ0n) is 34.8. The lowest BCUT2D eigenvalue weighted by Crippen LogP contribution is -2.14. The van der Waals surface area contributed by atoms with Crippen LogP contribution in [0.3, 0.4) is 0 Å². The minimum Gasteiger partial charge on any atom is -0.310 e. The Labute approximate surface area is 344 Å². The van der Waals surface area contributed by atoms with Crippen molar-refractivity contribution in [2.24, 2.45) is 0 Å². The summed E-state index contributed by atoms with van der Waals surface area (Å²) in [5, 5.41) is 7.54. The van der Waals surface area contributed by atoms with Gasteiger partial charge in [0.1, 0.15) is 0 Å². The molecule has 0 fully saturated rings. The van der Waals surface area contributed by atoms with Crippen molar-refractivity contribution in [3.63, 3.8) is 0 Å². The summed E-state index contributed by atoms with van der Waals surface area (Å²) in [6.45, 7) is 15.8. The number of hydrogen-bond donors (Lipinski definition) is 0. The van der Waals surface area contributed by atoms with Crippen LogP contribution in [-0.2, 0) is 10.8 Å². The molecule has 1 heteroatoms. The van der Waals surface area contributed by atoms with Crippen molar-refractivity contribution in [3.8, 4) is 33.4 Å². The number of fused-ring (bicyclic) bond motifs is 6. The molecular formula is C57H51N. The smallest absolute Gasteiger partial charge is 0.0468 e. The molecule has 0 aliphatic rings.